The van der Waals surface area contributed by atoms with Crippen LogP contribution in [0.4, 0.5) is 0 Å². The van der Waals surface area contributed by atoms with Crippen LogP contribution in [0, 0.1) is 13.8 Å². The molecular weight excluding hydrogens is 611 g/mol. The fourth-order valence-electron chi connectivity index (χ4n) is 7.04. The second-order valence-corrected chi connectivity index (χ2v) is 13.0. The Morgan fingerprint density at radius 1 is 0.400 bits per heavy atom. The van der Waals surface area contributed by atoms with Crippen LogP contribution in [0.3, 0.4) is 0 Å². The molecule has 50 heavy (non-hydrogen) atoms. The first-order valence-corrected chi connectivity index (χ1v) is 16.9. The molecule has 9 rings (SSSR count). The number of rotatable bonds is 5. The van der Waals surface area contributed by atoms with Crippen LogP contribution in [-0.2, 0) is 7.05 Å². The van der Waals surface area contributed by atoms with Gasteiger partial charge in [-0.3, -0.25) is 0 Å². The molecule has 0 aliphatic heterocycles. The van der Waals surface area contributed by atoms with E-state index >= 15 is 0 Å². The van der Waals surface area contributed by atoms with Gasteiger partial charge < -0.3 is 4.57 Å². The average Bonchev–Trinajstić information content (AvgIpc) is 3.54. The minimum atomic E-state index is 0.640. The van der Waals surface area contributed by atoms with Gasteiger partial charge in [-0.25, -0.2) is 19.9 Å². The summed E-state index contributed by atoms with van der Waals surface area (Å²) >= 11 is 0. The van der Waals surface area contributed by atoms with Crippen molar-refractivity contribution in [2.75, 3.05) is 0 Å². The molecule has 7 aromatic carbocycles. The van der Waals surface area contributed by atoms with Crippen LogP contribution in [-0.4, -0.2) is 24.5 Å². The number of hydrogen-bond donors (Lipinski definition) is 0. The standard InChI is InChI=1S/C45H33N5/c1-28-18-19-29(2)41-40(28)46-45(50(41)3)37-23-21-34-24-36(22-20-35(34)25-37)38-26-32-16-10-11-17-33(32)27-39(38)44-48-42(30-12-6-4-7-13-30)47-43(49-44)31-14-8-5-9-15-31/h4-27H,1-3H3. The minimum absolute atomic E-state index is 0.640. The van der Waals surface area contributed by atoms with E-state index < -0.39 is 0 Å². The molecule has 5 heteroatoms. The molecule has 5 nitrogen and oxygen atoms in total. The van der Waals surface area contributed by atoms with Crippen molar-refractivity contribution >= 4 is 32.6 Å². The van der Waals surface area contributed by atoms with E-state index in [1.165, 1.54) is 16.6 Å². The predicted molar refractivity (Wildman–Crippen MR) is 206 cm³/mol. The molecule has 0 aliphatic carbocycles. The molecule has 0 radical (unpaired) electrons. The van der Waals surface area contributed by atoms with Crippen LogP contribution < -0.4 is 0 Å². The number of hydrogen-bond acceptors (Lipinski definition) is 4. The molecule has 0 atom stereocenters. The lowest BCUT2D eigenvalue weighted by molar-refractivity contribution is 0.955. The fourth-order valence-corrected chi connectivity index (χ4v) is 7.04. The van der Waals surface area contributed by atoms with Crippen molar-refractivity contribution in [1.29, 1.82) is 0 Å². The number of benzene rings is 7. The van der Waals surface area contributed by atoms with Crippen LogP contribution in [0.25, 0.3) is 89.3 Å². The Balaban J connectivity index is 1.21. The molecule has 0 aliphatic rings. The molecule has 0 fully saturated rings. The van der Waals surface area contributed by atoms with Crippen LogP contribution in [0.1, 0.15) is 11.1 Å². The van der Waals surface area contributed by atoms with E-state index in [0.717, 1.165) is 66.3 Å². The first kappa shape index (κ1) is 29.7. The maximum atomic E-state index is 5.11. The smallest absolute Gasteiger partial charge is 0.164 e. The van der Waals surface area contributed by atoms with Gasteiger partial charge in [-0.1, -0.05) is 121 Å². The number of fused-ring (bicyclic) bond motifs is 3. The SMILES string of the molecule is Cc1ccc(C)c2c1nc(-c1ccc3cc(-c4cc5ccccc5cc4-c4nc(-c5ccccc5)nc(-c5ccccc5)n4)ccc3c1)n2C. The highest BCUT2D eigenvalue weighted by molar-refractivity contribution is 5.98. The van der Waals surface area contributed by atoms with Crippen LogP contribution >= 0.6 is 0 Å². The maximum Gasteiger partial charge on any atom is 0.164 e. The molecule has 0 saturated carbocycles. The van der Waals surface area contributed by atoms with E-state index in [4.69, 9.17) is 19.9 Å². The Labute approximate surface area is 290 Å². The van der Waals surface area contributed by atoms with E-state index in [2.05, 4.69) is 110 Å². The van der Waals surface area contributed by atoms with Crippen LogP contribution in [0.5, 0.6) is 0 Å². The zero-order chi connectivity index (χ0) is 33.8. The van der Waals surface area contributed by atoms with Crippen molar-refractivity contribution in [3.63, 3.8) is 0 Å². The largest absolute Gasteiger partial charge is 0.327 e. The quantitative estimate of drug-likeness (QED) is 0.187. The summed E-state index contributed by atoms with van der Waals surface area (Å²) in [6.45, 7) is 4.28. The average molecular weight is 644 g/mol. The second kappa shape index (κ2) is 11.9. The summed E-state index contributed by atoms with van der Waals surface area (Å²) < 4.78 is 2.22. The van der Waals surface area contributed by atoms with E-state index in [1.807, 2.05) is 60.7 Å². The summed E-state index contributed by atoms with van der Waals surface area (Å²) in [5.41, 5.74) is 10.8. The van der Waals surface area contributed by atoms with Gasteiger partial charge in [0.15, 0.2) is 17.5 Å². The normalized spacial score (nSPS) is 11.5. The van der Waals surface area contributed by atoms with E-state index in [9.17, 15) is 0 Å². The lowest BCUT2D eigenvalue weighted by atomic mass is 9.93. The van der Waals surface area contributed by atoms with Gasteiger partial charge in [0.2, 0.25) is 0 Å². The maximum absolute atomic E-state index is 5.11. The Morgan fingerprint density at radius 2 is 0.900 bits per heavy atom. The summed E-state index contributed by atoms with van der Waals surface area (Å²) in [6, 6.07) is 50.9. The highest BCUT2D eigenvalue weighted by Crippen LogP contribution is 2.38. The van der Waals surface area contributed by atoms with Crippen molar-refractivity contribution < 1.29 is 0 Å². The molecule has 9 aromatic rings. The third kappa shape index (κ3) is 5.11. The summed E-state index contributed by atoms with van der Waals surface area (Å²) in [7, 11) is 2.11. The van der Waals surface area contributed by atoms with E-state index in [1.54, 1.807) is 0 Å². The molecule has 0 spiro atoms. The molecular formula is C45H33N5. The lowest BCUT2D eigenvalue weighted by Gasteiger charge is -2.14. The van der Waals surface area contributed by atoms with Gasteiger partial charge in [0.1, 0.15) is 5.82 Å². The van der Waals surface area contributed by atoms with Crippen molar-refractivity contribution in [2.45, 2.75) is 13.8 Å². The van der Waals surface area contributed by atoms with Gasteiger partial charge in [-0.15, -0.1) is 0 Å². The molecule has 0 saturated heterocycles. The third-order valence-electron chi connectivity index (χ3n) is 9.66. The van der Waals surface area contributed by atoms with Gasteiger partial charge >= 0.3 is 0 Å². The monoisotopic (exact) mass is 643 g/mol. The van der Waals surface area contributed by atoms with Gasteiger partial charge in [0.25, 0.3) is 0 Å². The van der Waals surface area contributed by atoms with Gasteiger partial charge in [-0.05, 0) is 81.9 Å². The van der Waals surface area contributed by atoms with E-state index in [0.29, 0.717) is 17.5 Å². The first-order valence-electron chi connectivity index (χ1n) is 16.9. The highest BCUT2D eigenvalue weighted by Gasteiger charge is 2.18. The predicted octanol–water partition coefficient (Wildman–Crippen LogP) is 11.0. The number of aryl methyl sites for hydroxylation is 3. The minimum Gasteiger partial charge on any atom is -0.327 e. The number of imidazole rings is 1. The van der Waals surface area contributed by atoms with Crippen LogP contribution in [0.15, 0.2) is 146 Å². The number of nitrogens with zero attached hydrogens (tertiary/aromatic N) is 5. The van der Waals surface area contributed by atoms with Crippen molar-refractivity contribution in [3.8, 4) is 56.7 Å². The third-order valence-corrected chi connectivity index (χ3v) is 9.66. The van der Waals surface area contributed by atoms with Gasteiger partial charge in [0, 0.05) is 29.3 Å². The molecule has 2 aromatic heterocycles. The Morgan fingerprint density at radius 3 is 1.52 bits per heavy atom. The summed E-state index contributed by atoms with van der Waals surface area (Å²) in [5.74, 6) is 2.90. The lowest BCUT2D eigenvalue weighted by Crippen LogP contribution is -2.01. The van der Waals surface area contributed by atoms with Gasteiger partial charge in [-0.2, -0.15) is 0 Å². The Kier molecular flexibility index (Phi) is 7.06. The number of aromatic nitrogens is 5. The molecule has 2 heterocycles. The van der Waals surface area contributed by atoms with Crippen molar-refractivity contribution in [3.05, 3.63) is 157 Å². The molecule has 0 unspecified atom stereocenters. The van der Waals surface area contributed by atoms with E-state index in [-0.39, 0.29) is 0 Å². The fraction of sp³-hybridized carbons (Fsp3) is 0.0667. The summed E-state index contributed by atoms with van der Waals surface area (Å²) in [4.78, 5) is 20.2. The summed E-state index contributed by atoms with van der Waals surface area (Å²) in [6.07, 6.45) is 0. The van der Waals surface area contributed by atoms with Gasteiger partial charge in [0.05, 0.1) is 11.0 Å². The van der Waals surface area contributed by atoms with Crippen LogP contribution in [0.2, 0.25) is 0 Å². The molecule has 238 valence electrons. The zero-order valence-corrected chi connectivity index (χ0v) is 28.1. The second-order valence-electron chi connectivity index (χ2n) is 13.0. The molecule has 0 amide bonds. The molecule has 0 bridgehead atoms. The Hall–Kier alpha value is -6.46. The van der Waals surface area contributed by atoms with Crippen molar-refractivity contribution in [2.24, 2.45) is 7.05 Å². The topological polar surface area (TPSA) is 56.5 Å². The van der Waals surface area contributed by atoms with Crippen molar-refractivity contribution in [1.82, 2.24) is 24.5 Å². The Bertz CT molecular complexity index is 2670. The zero-order valence-electron chi connectivity index (χ0n) is 28.1. The first-order chi connectivity index (χ1) is 24.5. The summed E-state index contributed by atoms with van der Waals surface area (Å²) in [5, 5.41) is 4.61. The molecule has 0 N–H and O–H groups in total. The highest BCUT2D eigenvalue weighted by atomic mass is 15.1.